The van der Waals surface area contributed by atoms with Crippen LogP contribution in [0.3, 0.4) is 0 Å². The Morgan fingerprint density at radius 2 is 0.816 bits per heavy atom. The number of rotatable bonds is 8. The number of hydrazine groups is 1. The van der Waals surface area contributed by atoms with E-state index in [0.29, 0.717) is 32.7 Å². The van der Waals surface area contributed by atoms with Crippen molar-refractivity contribution in [1.29, 1.82) is 0 Å². The average molecular weight is 545 g/mol. The Kier molecular flexibility index (Phi) is 12.6. The van der Waals surface area contributed by atoms with Gasteiger partial charge in [-0.25, -0.2) is 10.0 Å². The van der Waals surface area contributed by atoms with Gasteiger partial charge in [0.2, 0.25) is 0 Å². The maximum absolute atomic E-state index is 12.7. The van der Waals surface area contributed by atoms with Gasteiger partial charge in [0, 0.05) is 39.3 Å². The normalized spacial score (nSPS) is 18.0. The minimum atomic E-state index is -1.06. The fourth-order valence-corrected chi connectivity index (χ4v) is 3.77. The smallest absolute Gasteiger partial charge is 0.322 e. The summed E-state index contributed by atoms with van der Waals surface area (Å²) < 4.78 is 16.4. The molecule has 1 aliphatic heterocycles. The second-order valence-electron chi connectivity index (χ2n) is 12.5. The zero-order valence-electron chi connectivity index (χ0n) is 24.7. The van der Waals surface area contributed by atoms with E-state index in [2.05, 4.69) is 0 Å². The molecule has 1 rings (SSSR count). The zero-order chi connectivity index (χ0) is 29.3. The van der Waals surface area contributed by atoms with Crippen LogP contribution < -0.4 is 0 Å². The van der Waals surface area contributed by atoms with Crippen molar-refractivity contribution >= 4 is 23.9 Å². The molecule has 1 aliphatic rings. The summed E-state index contributed by atoms with van der Waals surface area (Å²) in [6, 6.07) is 0. The molecule has 38 heavy (non-hydrogen) atoms. The molecule has 1 heterocycles. The van der Waals surface area contributed by atoms with E-state index in [9.17, 15) is 24.3 Å². The van der Waals surface area contributed by atoms with E-state index in [1.54, 1.807) is 72.3 Å². The summed E-state index contributed by atoms with van der Waals surface area (Å²) >= 11 is 0. The lowest BCUT2D eigenvalue weighted by molar-refractivity contribution is -0.166. The molecule has 0 atom stereocenters. The molecule has 0 aromatic heterocycles. The molecule has 0 bridgehead atoms. The SMILES string of the molecule is CC(C)(C)OC(=O)CN1CCN(CC(=O)OC(C)(C)C)CCN(CC(=O)OC(C)(C)C)N(CC(=O)O)CC1. The third kappa shape index (κ3) is 15.9. The van der Waals surface area contributed by atoms with Crippen molar-refractivity contribution in [1.82, 2.24) is 19.8 Å². The predicted octanol–water partition coefficient (Wildman–Crippen LogP) is 1.23. The molecule has 1 fully saturated rings. The summed E-state index contributed by atoms with van der Waals surface area (Å²) in [4.78, 5) is 53.3. The van der Waals surface area contributed by atoms with Gasteiger partial charge in [0.15, 0.2) is 0 Å². The van der Waals surface area contributed by atoms with Crippen LogP contribution in [0.5, 0.6) is 0 Å². The van der Waals surface area contributed by atoms with Crippen molar-refractivity contribution in [2.24, 2.45) is 0 Å². The van der Waals surface area contributed by atoms with Gasteiger partial charge in [-0.15, -0.1) is 0 Å². The zero-order valence-corrected chi connectivity index (χ0v) is 24.7. The van der Waals surface area contributed by atoms with E-state index >= 15 is 0 Å². The van der Waals surface area contributed by atoms with E-state index in [4.69, 9.17) is 14.2 Å². The number of carboxylic acid groups (broad SMARTS) is 1. The molecule has 0 unspecified atom stereocenters. The van der Waals surface area contributed by atoms with Crippen LogP contribution >= 0.6 is 0 Å². The first-order valence-electron chi connectivity index (χ1n) is 13.0. The van der Waals surface area contributed by atoms with Gasteiger partial charge in [-0.05, 0) is 62.3 Å². The lowest BCUT2D eigenvalue weighted by Gasteiger charge is -2.38. The van der Waals surface area contributed by atoms with Crippen molar-refractivity contribution in [2.45, 2.75) is 79.1 Å². The molecule has 0 radical (unpaired) electrons. The lowest BCUT2D eigenvalue weighted by atomic mass is 10.2. The number of carbonyl (C=O) groups excluding carboxylic acids is 3. The number of aliphatic carboxylic acids is 1. The van der Waals surface area contributed by atoms with Gasteiger partial charge >= 0.3 is 23.9 Å². The molecular weight excluding hydrogens is 496 g/mol. The Balaban J connectivity index is 3.18. The number of hydrogen-bond donors (Lipinski definition) is 1. The van der Waals surface area contributed by atoms with Crippen LogP contribution in [0.4, 0.5) is 0 Å². The van der Waals surface area contributed by atoms with Crippen LogP contribution in [-0.2, 0) is 33.4 Å². The van der Waals surface area contributed by atoms with Gasteiger partial charge in [-0.2, -0.15) is 0 Å². The highest BCUT2D eigenvalue weighted by Gasteiger charge is 2.28. The molecule has 12 heteroatoms. The maximum atomic E-state index is 12.7. The van der Waals surface area contributed by atoms with Crippen molar-refractivity contribution in [3.05, 3.63) is 0 Å². The first kappa shape index (κ1) is 33.7. The Labute approximate surface area is 227 Å². The molecule has 0 aromatic carbocycles. The maximum Gasteiger partial charge on any atom is 0.322 e. The summed E-state index contributed by atoms with van der Waals surface area (Å²) in [5.74, 6) is -2.34. The Hall–Kier alpha value is -2.28. The monoisotopic (exact) mass is 544 g/mol. The lowest BCUT2D eigenvalue weighted by Crippen LogP contribution is -2.55. The van der Waals surface area contributed by atoms with E-state index in [1.165, 1.54) is 0 Å². The molecule has 0 saturated carbocycles. The highest BCUT2D eigenvalue weighted by atomic mass is 16.6. The fraction of sp³-hybridized carbons (Fsp3) is 0.846. The summed E-state index contributed by atoms with van der Waals surface area (Å²) in [5.41, 5.74) is -1.98. The van der Waals surface area contributed by atoms with Crippen molar-refractivity contribution in [3.63, 3.8) is 0 Å². The summed E-state index contributed by atoms with van der Waals surface area (Å²) in [7, 11) is 0. The summed E-state index contributed by atoms with van der Waals surface area (Å²) in [6.07, 6.45) is 0. The second kappa shape index (κ2) is 14.2. The number of nitrogens with zero attached hydrogens (tertiary/aromatic N) is 4. The molecule has 0 amide bonds. The molecule has 0 aliphatic carbocycles. The third-order valence-electron chi connectivity index (χ3n) is 5.08. The highest BCUT2D eigenvalue weighted by molar-refractivity contribution is 5.73. The predicted molar refractivity (Wildman–Crippen MR) is 141 cm³/mol. The van der Waals surface area contributed by atoms with Crippen LogP contribution in [0.15, 0.2) is 0 Å². The molecule has 220 valence electrons. The van der Waals surface area contributed by atoms with Crippen molar-refractivity contribution < 1.29 is 38.5 Å². The molecular formula is C26H48N4O8. The van der Waals surface area contributed by atoms with E-state index in [-0.39, 0.29) is 32.7 Å². The largest absolute Gasteiger partial charge is 0.480 e. The molecule has 0 spiro atoms. The Morgan fingerprint density at radius 3 is 1.13 bits per heavy atom. The highest BCUT2D eigenvalue weighted by Crippen LogP contribution is 2.12. The van der Waals surface area contributed by atoms with Crippen LogP contribution in [0.2, 0.25) is 0 Å². The van der Waals surface area contributed by atoms with Gasteiger partial charge in [0.1, 0.15) is 29.9 Å². The second-order valence-corrected chi connectivity index (χ2v) is 12.5. The fourth-order valence-electron chi connectivity index (χ4n) is 3.77. The molecule has 1 saturated heterocycles. The number of esters is 3. The number of carboxylic acids is 1. The number of ether oxygens (including phenoxy) is 3. The first-order valence-corrected chi connectivity index (χ1v) is 13.0. The van der Waals surface area contributed by atoms with E-state index < -0.39 is 40.7 Å². The number of carbonyl (C=O) groups is 4. The standard InChI is InChI=1S/C26H48N4O8/c1-24(2,3)36-21(33)17-27-10-11-28(18-22(34)37-25(4,5)6)13-15-30(19-23(35)38-26(7,8)9)29(14-12-27)16-20(31)32/h10-19H2,1-9H3,(H,31,32). The van der Waals surface area contributed by atoms with Gasteiger partial charge in [-0.3, -0.25) is 29.0 Å². The van der Waals surface area contributed by atoms with E-state index in [0.717, 1.165) is 0 Å². The summed E-state index contributed by atoms with van der Waals surface area (Å²) in [6.45, 7) is 17.7. The van der Waals surface area contributed by atoms with Crippen LogP contribution in [-0.4, -0.2) is 131 Å². The van der Waals surface area contributed by atoms with Crippen LogP contribution in [0.1, 0.15) is 62.3 Å². The third-order valence-corrected chi connectivity index (χ3v) is 5.08. The Morgan fingerprint density at radius 1 is 0.526 bits per heavy atom. The van der Waals surface area contributed by atoms with Gasteiger partial charge < -0.3 is 19.3 Å². The van der Waals surface area contributed by atoms with Gasteiger partial charge in [-0.1, -0.05) is 0 Å². The van der Waals surface area contributed by atoms with E-state index in [1.807, 2.05) is 9.80 Å². The number of hydrogen-bond acceptors (Lipinski definition) is 11. The average Bonchev–Trinajstić information content (AvgIpc) is 2.66. The van der Waals surface area contributed by atoms with Gasteiger partial charge in [0.25, 0.3) is 0 Å². The van der Waals surface area contributed by atoms with Crippen molar-refractivity contribution in [3.8, 4) is 0 Å². The van der Waals surface area contributed by atoms with Crippen LogP contribution in [0, 0.1) is 0 Å². The van der Waals surface area contributed by atoms with Crippen molar-refractivity contribution in [2.75, 3.05) is 65.4 Å². The minimum absolute atomic E-state index is 0.00449. The molecule has 0 aromatic rings. The minimum Gasteiger partial charge on any atom is -0.480 e. The molecule has 12 nitrogen and oxygen atoms in total. The molecule has 1 N–H and O–H groups in total. The quantitative estimate of drug-likeness (QED) is 0.348. The van der Waals surface area contributed by atoms with Crippen LogP contribution in [0.25, 0.3) is 0 Å². The van der Waals surface area contributed by atoms with Gasteiger partial charge in [0.05, 0.1) is 13.1 Å². The summed E-state index contributed by atoms with van der Waals surface area (Å²) in [5, 5.41) is 12.8. The first-order chi connectivity index (χ1) is 17.2. The Bertz CT molecular complexity index is 814. The topological polar surface area (TPSA) is 129 Å².